The summed E-state index contributed by atoms with van der Waals surface area (Å²) < 4.78 is 10.2. The van der Waals surface area contributed by atoms with Crippen LogP contribution in [0.25, 0.3) is 17.4 Å². The molecule has 0 radical (unpaired) electrons. The van der Waals surface area contributed by atoms with Crippen molar-refractivity contribution in [2.45, 2.75) is 20.3 Å². The number of fused-ring (bicyclic) bond motifs is 1. The molecule has 1 aromatic carbocycles. The van der Waals surface area contributed by atoms with Crippen molar-refractivity contribution in [1.82, 2.24) is 18.7 Å². The Morgan fingerprint density at radius 3 is 2.58 bits per heavy atom. The monoisotopic (exact) mass is 576 g/mol. The summed E-state index contributed by atoms with van der Waals surface area (Å²) in [5.74, 6) is -0.110. The summed E-state index contributed by atoms with van der Waals surface area (Å²) in [6.45, 7) is 5.42. The molecular weight excluding hydrogens is 548 g/mol. The Hall–Kier alpha value is -4.00. The maximum absolute atomic E-state index is 13.7. The number of nitrogens with zero attached hydrogens (tertiary/aromatic N) is 5. The van der Waals surface area contributed by atoms with Crippen LogP contribution in [0.15, 0.2) is 69.2 Å². The lowest BCUT2D eigenvalue weighted by molar-refractivity contribution is -0.113. The fourth-order valence-electron chi connectivity index (χ4n) is 4.50. The minimum atomic E-state index is -0.471. The maximum Gasteiger partial charge on any atom is 0.296 e. The molecular formula is C28H28N6O4S2. The minimum Gasteiger partial charge on any atom is -0.382 e. The highest BCUT2D eigenvalue weighted by molar-refractivity contribution is 8.27. The molecule has 1 aliphatic heterocycles. The van der Waals surface area contributed by atoms with Crippen LogP contribution in [0.5, 0.6) is 0 Å². The average Bonchev–Trinajstić information content (AvgIpc) is 3.35. The molecule has 12 heteroatoms. The third kappa shape index (κ3) is 5.01. The average molecular weight is 577 g/mol. The van der Waals surface area contributed by atoms with Gasteiger partial charge in [0, 0.05) is 33.0 Å². The first-order valence-electron chi connectivity index (χ1n) is 12.8. The topological polar surface area (TPSA) is 103 Å². The van der Waals surface area contributed by atoms with Gasteiger partial charge in [0.15, 0.2) is 4.32 Å². The Morgan fingerprint density at radius 1 is 1.07 bits per heavy atom. The molecule has 3 aromatic heterocycles. The molecule has 206 valence electrons. The van der Waals surface area contributed by atoms with Crippen molar-refractivity contribution in [2.24, 2.45) is 7.05 Å². The number of ether oxygens (including phenoxy) is 1. The molecule has 0 aliphatic carbocycles. The van der Waals surface area contributed by atoms with E-state index in [1.807, 2.05) is 37.3 Å². The molecule has 10 nitrogen and oxygen atoms in total. The molecule has 1 saturated heterocycles. The van der Waals surface area contributed by atoms with Crippen LogP contribution in [0, 0.1) is 6.92 Å². The number of thioether (sulfide) groups is 1. The van der Waals surface area contributed by atoms with E-state index in [1.54, 1.807) is 43.0 Å². The fourth-order valence-corrected chi connectivity index (χ4v) is 5.75. The zero-order valence-electron chi connectivity index (χ0n) is 22.3. The van der Waals surface area contributed by atoms with Crippen LogP contribution < -0.4 is 21.3 Å². The summed E-state index contributed by atoms with van der Waals surface area (Å²) in [7, 11) is 1.76. The summed E-state index contributed by atoms with van der Waals surface area (Å²) in [4.78, 5) is 46.9. The van der Waals surface area contributed by atoms with Gasteiger partial charge >= 0.3 is 0 Å². The highest BCUT2D eigenvalue weighted by Gasteiger charge is 2.38. The molecule has 1 amide bonds. The third-order valence-electron chi connectivity index (χ3n) is 6.55. The lowest BCUT2D eigenvalue weighted by Crippen LogP contribution is -2.33. The molecule has 0 spiro atoms. The van der Waals surface area contributed by atoms with Gasteiger partial charge in [0.2, 0.25) is 0 Å². The van der Waals surface area contributed by atoms with Gasteiger partial charge in [-0.05, 0) is 50.6 Å². The number of carbonyl (C=O) groups excluding carboxylic acids is 1. The number of nitrogens with one attached hydrogen (secondary N) is 1. The maximum atomic E-state index is 13.7. The predicted octanol–water partition coefficient (Wildman–Crippen LogP) is 3.74. The van der Waals surface area contributed by atoms with Crippen molar-refractivity contribution >= 4 is 57.4 Å². The first-order chi connectivity index (χ1) is 19.3. The van der Waals surface area contributed by atoms with Gasteiger partial charge in [-0.25, -0.2) is 9.67 Å². The fraction of sp³-hybridized carbons (Fsp3) is 0.250. The number of benzene rings is 1. The number of rotatable bonds is 9. The lowest BCUT2D eigenvalue weighted by Gasteiger charge is -2.13. The van der Waals surface area contributed by atoms with E-state index in [4.69, 9.17) is 17.0 Å². The van der Waals surface area contributed by atoms with E-state index >= 15 is 0 Å². The molecule has 0 bridgehead atoms. The van der Waals surface area contributed by atoms with E-state index < -0.39 is 5.91 Å². The quantitative estimate of drug-likeness (QED) is 0.183. The van der Waals surface area contributed by atoms with E-state index in [9.17, 15) is 14.4 Å². The van der Waals surface area contributed by atoms with Crippen LogP contribution in [0.1, 0.15) is 24.6 Å². The molecule has 0 unspecified atom stereocenters. The van der Waals surface area contributed by atoms with Gasteiger partial charge in [0.1, 0.15) is 17.2 Å². The number of thiocarbonyl (C=S) groups is 1. The van der Waals surface area contributed by atoms with Crippen molar-refractivity contribution in [2.75, 3.05) is 30.0 Å². The van der Waals surface area contributed by atoms with E-state index in [-0.39, 0.29) is 31.6 Å². The zero-order valence-corrected chi connectivity index (χ0v) is 23.9. The van der Waals surface area contributed by atoms with Crippen LogP contribution >= 0.6 is 24.0 Å². The normalized spacial score (nSPS) is 14.6. The van der Waals surface area contributed by atoms with Gasteiger partial charge in [-0.3, -0.25) is 28.4 Å². The number of hydrogen-bond acceptors (Lipinski definition) is 8. The molecule has 0 atom stereocenters. The minimum absolute atomic E-state index is 0.180. The van der Waals surface area contributed by atoms with Crippen molar-refractivity contribution in [3.05, 3.63) is 91.6 Å². The van der Waals surface area contributed by atoms with Gasteiger partial charge in [-0.15, -0.1) is 0 Å². The Bertz CT molecular complexity index is 1760. The van der Waals surface area contributed by atoms with E-state index in [0.29, 0.717) is 49.0 Å². The first kappa shape index (κ1) is 27.6. The first-order valence-corrected chi connectivity index (χ1v) is 14.0. The Morgan fingerprint density at radius 2 is 1.82 bits per heavy atom. The smallest absolute Gasteiger partial charge is 0.296 e. The number of anilines is 2. The zero-order chi connectivity index (χ0) is 28.4. The third-order valence-corrected chi connectivity index (χ3v) is 7.85. The summed E-state index contributed by atoms with van der Waals surface area (Å²) in [5.41, 5.74) is 1.44. The second kappa shape index (κ2) is 11.6. The summed E-state index contributed by atoms with van der Waals surface area (Å²) in [6.07, 6.45) is 3.85. The molecule has 1 N–H and O–H groups in total. The molecule has 40 heavy (non-hydrogen) atoms. The van der Waals surface area contributed by atoms with Crippen LogP contribution in [-0.4, -0.2) is 48.7 Å². The molecule has 1 fully saturated rings. The largest absolute Gasteiger partial charge is 0.382 e. The van der Waals surface area contributed by atoms with E-state index in [0.717, 1.165) is 11.8 Å². The number of para-hydroxylation sites is 1. The molecule has 0 saturated carbocycles. The van der Waals surface area contributed by atoms with Crippen LogP contribution in [0.4, 0.5) is 11.5 Å². The Kier molecular flexibility index (Phi) is 8.01. The second-order valence-electron chi connectivity index (χ2n) is 9.01. The van der Waals surface area contributed by atoms with Crippen molar-refractivity contribution in [1.29, 1.82) is 0 Å². The van der Waals surface area contributed by atoms with Gasteiger partial charge in [-0.2, -0.15) is 0 Å². The van der Waals surface area contributed by atoms with Crippen LogP contribution in [0.3, 0.4) is 0 Å². The summed E-state index contributed by atoms with van der Waals surface area (Å²) in [6, 6.07) is 14.5. The van der Waals surface area contributed by atoms with Gasteiger partial charge in [0.25, 0.3) is 17.0 Å². The van der Waals surface area contributed by atoms with Crippen molar-refractivity contribution < 1.29 is 9.53 Å². The highest BCUT2D eigenvalue weighted by Crippen LogP contribution is 2.36. The Labute approximate surface area is 239 Å². The van der Waals surface area contributed by atoms with Gasteiger partial charge < -0.3 is 10.1 Å². The number of pyridine rings is 1. The number of aromatic nitrogens is 4. The molecule has 4 heterocycles. The van der Waals surface area contributed by atoms with E-state index in [1.165, 1.54) is 20.1 Å². The standard InChI is InChI=1S/C28H28N6O4S2/c1-4-38-16-10-14-29-24-20(25(35)32-15-9-8-13-22(32)30-24)17-21-26(36)33(28(39)40-21)23-18(2)31(3)34(27(23)37)19-11-6-5-7-12-19/h5-9,11-13,15,17,29H,4,10,14,16H2,1-3H3/b21-17+. The van der Waals surface area contributed by atoms with Gasteiger partial charge in [-0.1, -0.05) is 48.2 Å². The SMILES string of the molecule is CCOCCCNc1nc2ccccn2c(=O)c1/C=C1/SC(=S)N(c2c(C)n(C)n(-c3ccccc3)c2=O)C1=O. The number of carbonyl (C=O) groups is 1. The lowest BCUT2D eigenvalue weighted by atomic mass is 10.2. The van der Waals surface area contributed by atoms with E-state index in [2.05, 4.69) is 10.3 Å². The van der Waals surface area contributed by atoms with Crippen LogP contribution in [0.2, 0.25) is 0 Å². The van der Waals surface area contributed by atoms with Crippen LogP contribution in [-0.2, 0) is 16.6 Å². The number of hydrogen-bond donors (Lipinski definition) is 1. The van der Waals surface area contributed by atoms with Gasteiger partial charge in [0.05, 0.1) is 21.8 Å². The molecule has 1 aliphatic rings. The highest BCUT2D eigenvalue weighted by atomic mass is 32.2. The van der Waals surface area contributed by atoms with Crippen molar-refractivity contribution in [3.8, 4) is 5.69 Å². The second-order valence-corrected chi connectivity index (χ2v) is 10.7. The predicted molar refractivity (Wildman–Crippen MR) is 162 cm³/mol. The Balaban J connectivity index is 1.55. The molecule has 5 rings (SSSR count). The summed E-state index contributed by atoms with van der Waals surface area (Å²) >= 11 is 6.62. The number of amides is 1. The van der Waals surface area contributed by atoms with Crippen molar-refractivity contribution in [3.63, 3.8) is 0 Å². The molecule has 4 aromatic rings. The summed E-state index contributed by atoms with van der Waals surface area (Å²) in [5, 5.41) is 3.22.